The molecule has 6 nitrogen and oxygen atoms in total. The van der Waals surface area contributed by atoms with Crippen LogP contribution in [0.1, 0.15) is 32.3 Å². The third-order valence-electron chi connectivity index (χ3n) is 2.88. The molecule has 0 aromatic heterocycles. The average Bonchev–Trinajstić information content (AvgIpc) is 2.35. The maximum absolute atomic E-state index is 11.6. The second-order valence-electron chi connectivity index (χ2n) is 4.66. The van der Waals surface area contributed by atoms with Crippen LogP contribution in [0, 0.1) is 10.1 Å². The minimum atomic E-state index is -3.35. The summed E-state index contributed by atoms with van der Waals surface area (Å²) in [6, 6.07) is 6.36. The number of nitrogens with one attached hydrogen (secondary N) is 1. The highest BCUT2D eigenvalue weighted by Crippen LogP contribution is 2.25. The number of benzene rings is 1. The minimum absolute atomic E-state index is 0.0127. The molecule has 0 bridgehead atoms. The lowest BCUT2D eigenvalue weighted by Gasteiger charge is -2.15. The molecule has 1 aromatic rings. The SMILES string of the molecule is CC(C)S(=O)(=O)NC[C@H](C)c1ccccc1[N+](=O)[O-]. The molecule has 0 saturated heterocycles. The van der Waals surface area contributed by atoms with Gasteiger partial charge in [0.25, 0.3) is 5.69 Å². The maximum atomic E-state index is 11.6. The van der Waals surface area contributed by atoms with Crippen molar-refractivity contribution in [1.82, 2.24) is 4.72 Å². The van der Waals surface area contributed by atoms with Gasteiger partial charge in [-0.05, 0) is 13.8 Å². The lowest BCUT2D eigenvalue weighted by Crippen LogP contribution is -2.33. The average molecular weight is 286 g/mol. The van der Waals surface area contributed by atoms with Crippen molar-refractivity contribution < 1.29 is 13.3 Å². The van der Waals surface area contributed by atoms with Gasteiger partial charge in [-0.15, -0.1) is 0 Å². The van der Waals surface area contributed by atoms with Crippen LogP contribution in [0.15, 0.2) is 24.3 Å². The molecule has 0 aliphatic carbocycles. The fourth-order valence-electron chi connectivity index (χ4n) is 1.59. The number of nitrogens with zero attached hydrogens (tertiary/aromatic N) is 1. The van der Waals surface area contributed by atoms with E-state index in [1.54, 1.807) is 39.0 Å². The molecule has 0 saturated carbocycles. The molecular weight excluding hydrogens is 268 g/mol. The molecule has 106 valence electrons. The quantitative estimate of drug-likeness (QED) is 0.640. The maximum Gasteiger partial charge on any atom is 0.272 e. The van der Waals surface area contributed by atoms with Gasteiger partial charge in [0.2, 0.25) is 10.0 Å². The summed E-state index contributed by atoms with van der Waals surface area (Å²) >= 11 is 0. The van der Waals surface area contributed by atoms with Crippen molar-refractivity contribution >= 4 is 15.7 Å². The normalized spacial score (nSPS) is 13.5. The van der Waals surface area contributed by atoms with Gasteiger partial charge in [0.05, 0.1) is 10.2 Å². The Balaban J connectivity index is 2.85. The van der Waals surface area contributed by atoms with Crippen molar-refractivity contribution in [3.63, 3.8) is 0 Å². The Kier molecular flexibility index (Phi) is 5.02. The highest BCUT2D eigenvalue weighted by Gasteiger charge is 2.21. The predicted octanol–water partition coefficient (Wildman–Crippen LogP) is 2.03. The van der Waals surface area contributed by atoms with Gasteiger partial charge in [-0.1, -0.05) is 25.1 Å². The van der Waals surface area contributed by atoms with Crippen LogP contribution in [0.25, 0.3) is 0 Å². The summed E-state index contributed by atoms with van der Waals surface area (Å²) in [7, 11) is -3.35. The van der Waals surface area contributed by atoms with Gasteiger partial charge in [0.1, 0.15) is 0 Å². The largest absolute Gasteiger partial charge is 0.272 e. The molecule has 0 amide bonds. The van der Waals surface area contributed by atoms with E-state index in [4.69, 9.17) is 0 Å². The topological polar surface area (TPSA) is 89.3 Å². The highest BCUT2D eigenvalue weighted by atomic mass is 32.2. The van der Waals surface area contributed by atoms with Crippen LogP contribution in [0.2, 0.25) is 0 Å². The Morgan fingerprint density at radius 1 is 1.26 bits per heavy atom. The summed E-state index contributed by atoms with van der Waals surface area (Å²) in [4.78, 5) is 10.4. The van der Waals surface area contributed by atoms with E-state index >= 15 is 0 Å². The highest BCUT2D eigenvalue weighted by molar-refractivity contribution is 7.90. The fourth-order valence-corrected chi connectivity index (χ4v) is 2.40. The van der Waals surface area contributed by atoms with Gasteiger partial charge < -0.3 is 0 Å². The third-order valence-corrected chi connectivity index (χ3v) is 4.69. The van der Waals surface area contributed by atoms with Crippen LogP contribution in [0.4, 0.5) is 5.69 Å². The zero-order valence-corrected chi connectivity index (χ0v) is 12.0. The van der Waals surface area contributed by atoms with E-state index in [-0.39, 0.29) is 18.2 Å². The molecular formula is C12H18N2O4S. The number of nitro benzene ring substituents is 1. The van der Waals surface area contributed by atoms with Crippen LogP contribution in [-0.4, -0.2) is 25.1 Å². The van der Waals surface area contributed by atoms with Crippen LogP contribution in [0.3, 0.4) is 0 Å². The number of para-hydroxylation sites is 1. The summed E-state index contributed by atoms with van der Waals surface area (Å²) in [6.45, 7) is 5.06. The van der Waals surface area contributed by atoms with Gasteiger partial charge in [-0.25, -0.2) is 13.1 Å². The number of rotatable bonds is 6. The summed E-state index contributed by atoms with van der Waals surface area (Å²) in [5.74, 6) is -0.268. The van der Waals surface area contributed by atoms with Crippen LogP contribution in [0.5, 0.6) is 0 Å². The standard InChI is InChI=1S/C12H18N2O4S/c1-9(2)19(17,18)13-8-10(3)11-6-4-5-7-12(11)14(15)16/h4-7,9-10,13H,8H2,1-3H3/t10-/m0/s1. The van der Waals surface area contributed by atoms with E-state index in [9.17, 15) is 18.5 Å². The first-order chi connectivity index (χ1) is 8.75. The van der Waals surface area contributed by atoms with E-state index in [0.717, 1.165) is 0 Å². The first-order valence-corrected chi connectivity index (χ1v) is 7.52. The van der Waals surface area contributed by atoms with E-state index in [2.05, 4.69) is 4.72 Å². The van der Waals surface area contributed by atoms with Crippen molar-refractivity contribution in [2.75, 3.05) is 6.54 Å². The molecule has 0 aliphatic heterocycles. The molecule has 0 heterocycles. The van der Waals surface area contributed by atoms with Crippen LogP contribution < -0.4 is 4.72 Å². The van der Waals surface area contributed by atoms with Crippen molar-refractivity contribution in [3.05, 3.63) is 39.9 Å². The molecule has 1 N–H and O–H groups in total. The van der Waals surface area contributed by atoms with Gasteiger partial charge in [-0.3, -0.25) is 10.1 Å². The van der Waals surface area contributed by atoms with Gasteiger partial charge in [0.15, 0.2) is 0 Å². The van der Waals surface area contributed by atoms with Crippen molar-refractivity contribution in [1.29, 1.82) is 0 Å². The first kappa shape index (κ1) is 15.6. The molecule has 1 aromatic carbocycles. The fraction of sp³-hybridized carbons (Fsp3) is 0.500. The van der Waals surface area contributed by atoms with Crippen molar-refractivity contribution in [2.24, 2.45) is 0 Å². The van der Waals surface area contributed by atoms with Gasteiger partial charge >= 0.3 is 0 Å². The minimum Gasteiger partial charge on any atom is -0.258 e. The zero-order chi connectivity index (χ0) is 14.6. The smallest absolute Gasteiger partial charge is 0.258 e. The molecule has 0 spiro atoms. The Bertz CT molecular complexity index is 555. The van der Waals surface area contributed by atoms with Gasteiger partial charge in [0, 0.05) is 24.1 Å². The molecule has 0 aliphatic rings. The number of sulfonamides is 1. The van der Waals surface area contributed by atoms with Crippen molar-refractivity contribution in [3.8, 4) is 0 Å². The number of hydrogen-bond donors (Lipinski definition) is 1. The van der Waals surface area contributed by atoms with Crippen molar-refractivity contribution in [2.45, 2.75) is 31.9 Å². The van der Waals surface area contributed by atoms with Gasteiger partial charge in [-0.2, -0.15) is 0 Å². The molecule has 0 radical (unpaired) electrons. The van der Waals surface area contributed by atoms with E-state index in [0.29, 0.717) is 5.56 Å². The Morgan fingerprint density at radius 3 is 2.37 bits per heavy atom. The molecule has 1 rings (SSSR count). The van der Waals surface area contributed by atoms with Crippen LogP contribution in [-0.2, 0) is 10.0 Å². The second kappa shape index (κ2) is 6.12. The lowest BCUT2D eigenvalue weighted by atomic mass is 10.00. The second-order valence-corrected chi connectivity index (χ2v) is 6.98. The monoisotopic (exact) mass is 286 g/mol. The number of nitro groups is 1. The number of hydrogen-bond acceptors (Lipinski definition) is 4. The third kappa shape index (κ3) is 4.00. The molecule has 0 unspecified atom stereocenters. The summed E-state index contributed by atoms with van der Waals surface area (Å²) < 4.78 is 25.8. The Labute approximate surface area is 113 Å². The Hall–Kier alpha value is -1.47. The predicted molar refractivity (Wildman–Crippen MR) is 73.6 cm³/mol. The molecule has 1 atom stereocenters. The zero-order valence-electron chi connectivity index (χ0n) is 11.2. The molecule has 0 fully saturated rings. The molecule has 7 heteroatoms. The molecule has 19 heavy (non-hydrogen) atoms. The summed E-state index contributed by atoms with van der Waals surface area (Å²) in [5, 5.41) is 10.4. The first-order valence-electron chi connectivity index (χ1n) is 5.97. The van der Waals surface area contributed by atoms with Crippen LogP contribution >= 0.6 is 0 Å². The van der Waals surface area contributed by atoms with E-state index in [1.165, 1.54) is 6.07 Å². The Morgan fingerprint density at radius 2 is 1.84 bits per heavy atom. The van der Waals surface area contributed by atoms with E-state index < -0.39 is 20.2 Å². The summed E-state index contributed by atoms with van der Waals surface area (Å²) in [5.41, 5.74) is 0.540. The lowest BCUT2D eigenvalue weighted by molar-refractivity contribution is -0.385. The van der Waals surface area contributed by atoms with E-state index in [1.807, 2.05) is 0 Å². The summed E-state index contributed by atoms with van der Waals surface area (Å²) in [6.07, 6.45) is 0.